The fraction of sp³-hybridized carbons (Fsp3) is 0.450. The molecule has 1 saturated heterocycles. The standard InChI is InChI=1S/C20H25N5O4/c1-28-19(26)13-3-4-16-15(11-13)22-18-17(29-16)12-25(20(27)23-18)14-5-9-24(10-6-14)8-2-7-21/h3-4,11-12,14H,2,5-10,21H2,1H3,(H,22,23,27). The van der Waals surface area contributed by atoms with Gasteiger partial charge in [-0.25, -0.2) is 9.59 Å². The quantitative estimate of drug-likeness (QED) is 0.626. The Morgan fingerprint density at radius 3 is 2.86 bits per heavy atom. The number of carbonyl (C=O) groups excluding carboxylic acids is 1. The van der Waals surface area contributed by atoms with Crippen molar-refractivity contribution in [2.24, 2.45) is 5.73 Å². The highest BCUT2D eigenvalue weighted by atomic mass is 16.5. The van der Waals surface area contributed by atoms with E-state index in [0.29, 0.717) is 35.1 Å². The summed E-state index contributed by atoms with van der Waals surface area (Å²) in [6, 6.07) is 5.05. The number of hydrogen-bond donors (Lipinski definition) is 2. The van der Waals surface area contributed by atoms with Crippen molar-refractivity contribution in [3.8, 4) is 11.5 Å². The van der Waals surface area contributed by atoms with Crippen molar-refractivity contribution < 1.29 is 14.3 Å². The van der Waals surface area contributed by atoms with E-state index in [9.17, 15) is 9.59 Å². The van der Waals surface area contributed by atoms with Crippen LogP contribution >= 0.6 is 0 Å². The maximum absolute atomic E-state index is 12.6. The number of carbonyl (C=O) groups is 1. The topological polar surface area (TPSA) is 112 Å². The van der Waals surface area contributed by atoms with Crippen LogP contribution in [0.3, 0.4) is 0 Å². The fourth-order valence-corrected chi connectivity index (χ4v) is 3.82. The third-order valence-electron chi connectivity index (χ3n) is 5.42. The van der Waals surface area contributed by atoms with Crippen LogP contribution in [0.1, 0.15) is 35.7 Å². The van der Waals surface area contributed by atoms with Crippen molar-refractivity contribution in [1.82, 2.24) is 14.5 Å². The Morgan fingerprint density at radius 1 is 1.34 bits per heavy atom. The first-order valence-electron chi connectivity index (χ1n) is 9.82. The van der Waals surface area contributed by atoms with E-state index in [1.807, 2.05) is 0 Å². The minimum Gasteiger partial charge on any atom is -0.465 e. The van der Waals surface area contributed by atoms with Crippen molar-refractivity contribution in [2.75, 3.05) is 38.6 Å². The molecule has 2 aromatic rings. The Labute approximate surface area is 168 Å². The van der Waals surface area contributed by atoms with Gasteiger partial charge in [0.2, 0.25) is 0 Å². The Morgan fingerprint density at radius 2 is 2.14 bits per heavy atom. The van der Waals surface area contributed by atoms with Gasteiger partial charge in [0.05, 0.1) is 24.6 Å². The third kappa shape index (κ3) is 3.96. The Balaban J connectivity index is 1.52. The monoisotopic (exact) mass is 399 g/mol. The molecule has 2 aliphatic rings. The van der Waals surface area contributed by atoms with E-state index in [2.05, 4.69) is 15.2 Å². The Bertz CT molecular complexity index is 966. The minimum atomic E-state index is -0.443. The highest BCUT2D eigenvalue weighted by Gasteiger charge is 2.25. The average molecular weight is 399 g/mol. The molecule has 0 radical (unpaired) electrons. The molecule has 0 spiro atoms. The predicted molar refractivity (Wildman–Crippen MR) is 108 cm³/mol. The molecule has 0 aliphatic carbocycles. The first kappa shape index (κ1) is 19.4. The molecular weight excluding hydrogens is 374 g/mol. The fourth-order valence-electron chi connectivity index (χ4n) is 3.82. The van der Waals surface area contributed by atoms with E-state index >= 15 is 0 Å². The van der Waals surface area contributed by atoms with Gasteiger partial charge in [-0.2, -0.15) is 4.98 Å². The number of anilines is 2. The van der Waals surface area contributed by atoms with Crippen LogP contribution in [0.5, 0.6) is 11.5 Å². The van der Waals surface area contributed by atoms with Gasteiger partial charge in [0.15, 0.2) is 17.3 Å². The Kier molecular flexibility index (Phi) is 5.50. The number of nitrogens with zero attached hydrogens (tertiary/aromatic N) is 3. The zero-order valence-corrected chi connectivity index (χ0v) is 16.4. The molecule has 0 atom stereocenters. The summed E-state index contributed by atoms with van der Waals surface area (Å²) in [4.78, 5) is 30.9. The molecule has 9 nitrogen and oxygen atoms in total. The van der Waals surface area contributed by atoms with Crippen LogP contribution in [-0.2, 0) is 4.74 Å². The second-order valence-corrected chi connectivity index (χ2v) is 7.29. The van der Waals surface area contributed by atoms with Crippen molar-refractivity contribution in [3.05, 3.63) is 40.4 Å². The number of aromatic nitrogens is 2. The van der Waals surface area contributed by atoms with Crippen LogP contribution in [0.25, 0.3) is 0 Å². The zero-order chi connectivity index (χ0) is 20.4. The zero-order valence-electron chi connectivity index (χ0n) is 16.4. The lowest BCUT2D eigenvalue weighted by atomic mass is 10.0. The third-order valence-corrected chi connectivity index (χ3v) is 5.42. The molecule has 9 heteroatoms. The largest absolute Gasteiger partial charge is 0.465 e. The molecule has 154 valence electrons. The van der Waals surface area contributed by atoms with Crippen molar-refractivity contribution in [2.45, 2.75) is 25.3 Å². The summed E-state index contributed by atoms with van der Waals surface area (Å²) >= 11 is 0. The van der Waals surface area contributed by atoms with E-state index in [1.165, 1.54) is 7.11 Å². The van der Waals surface area contributed by atoms with Gasteiger partial charge in [0.25, 0.3) is 0 Å². The van der Waals surface area contributed by atoms with Crippen molar-refractivity contribution in [3.63, 3.8) is 0 Å². The van der Waals surface area contributed by atoms with Crippen molar-refractivity contribution in [1.29, 1.82) is 0 Å². The van der Waals surface area contributed by atoms with Gasteiger partial charge >= 0.3 is 11.7 Å². The lowest BCUT2D eigenvalue weighted by molar-refractivity contribution is 0.0601. The SMILES string of the molecule is COC(=O)c1ccc2c(c1)Nc1nc(=O)n(C3CCN(CCCN)CC3)cc1O2. The molecule has 1 aromatic carbocycles. The van der Waals surface area contributed by atoms with E-state index in [-0.39, 0.29) is 11.7 Å². The molecule has 4 rings (SSSR count). The van der Waals surface area contributed by atoms with E-state index in [0.717, 1.165) is 38.9 Å². The van der Waals surface area contributed by atoms with Gasteiger partial charge in [-0.15, -0.1) is 0 Å². The first-order chi connectivity index (χ1) is 14.1. The second-order valence-electron chi connectivity index (χ2n) is 7.29. The first-order valence-corrected chi connectivity index (χ1v) is 9.82. The highest BCUT2D eigenvalue weighted by molar-refractivity contribution is 5.92. The number of methoxy groups -OCH3 is 1. The average Bonchev–Trinajstić information content (AvgIpc) is 2.75. The maximum atomic E-state index is 12.6. The van der Waals surface area contributed by atoms with Crippen LogP contribution in [0.4, 0.5) is 11.5 Å². The van der Waals surface area contributed by atoms with Crippen LogP contribution in [0.15, 0.2) is 29.2 Å². The molecule has 1 fully saturated rings. The second kappa shape index (κ2) is 8.22. The number of rotatable bonds is 5. The van der Waals surface area contributed by atoms with Crippen LogP contribution in [-0.4, -0.2) is 53.7 Å². The number of hydrogen-bond acceptors (Lipinski definition) is 8. The molecule has 0 amide bonds. The summed E-state index contributed by atoms with van der Waals surface area (Å²) in [6.45, 7) is 3.57. The smallest absolute Gasteiger partial charge is 0.350 e. The molecule has 3 N–H and O–H groups in total. The summed E-state index contributed by atoms with van der Waals surface area (Å²) < 4.78 is 12.4. The number of nitrogens with one attached hydrogen (secondary N) is 1. The normalized spacial score (nSPS) is 16.3. The Hall–Kier alpha value is -2.91. The van der Waals surface area contributed by atoms with Crippen LogP contribution in [0, 0.1) is 0 Å². The number of benzene rings is 1. The summed E-state index contributed by atoms with van der Waals surface area (Å²) in [5, 5.41) is 3.08. The summed E-state index contributed by atoms with van der Waals surface area (Å²) in [5.74, 6) is 0.963. The number of nitrogens with two attached hydrogens (primary N) is 1. The number of piperidine rings is 1. The van der Waals surface area contributed by atoms with Gasteiger partial charge in [0, 0.05) is 19.1 Å². The summed E-state index contributed by atoms with van der Waals surface area (Å²) in [6.07, 6.45) is 4.49. The van der Waals surface area contributed by atoms with Gasteiger partial charge in [0.1, 0.15) is 0 Å². The minimum absolute atomic E-state index is 0.0983. The molecule has 2 aliphatic heterocycles. The lowest BCUT2D eigenvalue weighted by Crippen LogP contribution is -2.39. The number of ether oxygens (including phenoxy) is 2. The lowest BCUT2D eigenvalue weighted by Gasteiger charge is -2.33. The molecule has 29 heavy (non-hydrogen) atoms. The molecule has 0 bridgehead atoms. The van der Waals surface area contributed by atoms with E-state index in [1.54, 1.807) is 29.0 Å². The molecule has 3 heterocycles. The molecule has 0 saturated carbocycles. The van der Waals surface area contributed by atoms with E-state index in [4.69, 9.17) is 15.2 Å². The maximum Gasteiger partial charge on any atom is 0.350 e. The van der Waals surface area contributed by atoms with E-state index < -0.39 is 5.97 Å². The number of fused-ring (bicyclic) bond motifs is 2. The van der Waals surface area contributed by atoms with Gasteiger partial charge < -0.3 is 25.4 Å². The van der Waals surface area contributed by atoms with Crippen molar-refractivity contribution >= 4 is 17.5 Å². The van der Waals surface area contributed by atoms with Gasteiger partial charge in [-0.1, -0.05) is 0 Å². The highest BCUT2D eigenvalue weighted by Crippen LogP contribution is 2.41. The number of likely N-dealkylation sites (tertiary alicyclic amines) is 1. The van der Waals surface area contributed by atoms with Gasteiger partial charge in [-0.05, 0) is 50.6 Å². The molecule has 1 aromatic heterocycles. The van der Waals surface area contributed by atoms with Crippen LogP contribution in [0.2, 0.25) is 0 Å². The summed E-state index contributed by atoms with van der Waals surface area (Å²) in [7, 11) is 1.33. The van der Waals surface area contributed by atoms with Gasteiger partial charge in [-0.3, -0.25) is 4.57 Å². The predicted octanol–water partition coefficient (Wildman–Crippen LogP) is 1.86. The van der Waals surface area contributed by atoms with Crippen LogP contribution < -0.4 is 21.5 Å². The molecule has 0 unspecified atom stereocenters. The summed E-state index contributed by atoms with van der Waals surface area (Å²) in [5.41, 5.74) is 6.23. The molecular formula is C20H25N5O4. The number of esters is 1.